The molecule has 0 aromatic carbocycles. The first-order chi connectivity index (χ1) is 17.5. The fourth-order valence-corrected chi connectivity index (χ4v) is 4.47. The molecule has 3 N–H and O–H groups in total. The van der Waals surface area contributed by atoms with E-state index >= 15 is 0 Å². The highest BCUT2D eigenvalue weighted by atomic mass is 19.4. The highest BCUT2D eigenvalue weighted by Gasteiger charge is 2.43. The number of rotatable bonds is 4. The summed E-state index contributed by atoms with van der Waals surface area (Å²) in [6.07, 6.45) is -1.32. The van der Waals surface area contributed by atoms with Gasteiger partial charge in [-0.1, -0.05) is 5.16 Å². The molecule has 0 radical (unpaired) electrons. The molecule has 2 aliphatic heterocycles. The van der Waals surface area contributed by atoms with Gasteiger partial charge in [-0.2, -0.15) is 26.3 Å². The molecule has 2 aromatic heterocycles. The van der Waals surface area contributed by atoms with Gasteiger partial charge < -0.3 is 19.7 Å². The van der Waals surface area contributed by atoms with Crippen LogP contribution in [0.25, 0.3) is 0 Å². The zero-order valence-corrected chi connectivity index (χ0v) is 20.7. The van der Waals surface area contributed by atoms with E-state index in [9.17, 15) is 26.3 Å². The van der Waals surface area contributed by atoms with Crippen LogP contribution >= 0.6 is 0 Å². The molecule has 0 aliphatic carbocycles. The number of aliphatic carboxylic acids is 2. The first-order valence-corrected chi connectivity index (χ1v) is 11.5. The number of hydrogen-bond donors (Lipinski definition) is 3. The van der Waals surface area contributed by atoms with Crippen LogP contribution in [0.2, 0.25) is 0 Å². The maximum atomic E-state index is 10.6. The second kappa shape index (κ2) is 12.6. The number of carbonyl (C=O) groups is 2. The quantitative estimate of drug-likeness (QED) is 0.478. The maximum Gasteiger partial charge on any atom is 0.490 e. The van der Waals surface area contributed by atoms with Crippen molar-refractivity contribution in [2.45, 2.75) is 70.5 Å². The number of likely N-dealkylation sites (tertiary alicyclic amines) is 2. The average molecular weight is 557 g/mol. The summed E-state index contributed by atoms with van der Waals surface area (Å²) in [5.41, 5.74) is 3.92. The average Bonchev–Trinajstić information content (AvgIpc) is 3.54. The Morgan fingerprint density at radius 3 is 1.97 bits per heavy atom. The number of aromatic amines is 1. The zero-order chi connectivity index (χ0) is 28.7. The van der Waals surface area contributed by atoms with Crippen LogP contribution in [-0.2, 0) is 22.7 Å². The number of nitrogens with one attached hydrogen (secondary N) is 1. The Kier molecular flexibility index (Phi) is 10.3. The Balaban J connectivity index is 0.000000301. The van der Waals surface area contributed by atoms with E-state index in [0.29, 0.717) is 5.54 Å². The van der Waals surface area contributed by atoms with E-state index in [0.717, 1.165) is 37.6 Å². The molecule has 2 saturated heterocycles. The van der Waals surface area contributed by atoms with Crippen LogP contribution < -0.4 is 0 Å². The summed E-state index contributed by atoms with van der Waals surface area (Å²) in [6, 6.07) is 0. The van der Waals surface area contributed by atoms with Crippen molar-refractivity contribution in [3.8, 4) is 0 Å². The summed E-state index contributed by atoms with van der Waals surface area (Å²) in [5.74, 6) is -4.54. The molecule has 4 heterocycles. The second-order valence-electron chi connectivity index (χ2n) is 9.01. The maximum absolute atomic E-state index is 10.6. The highest BCUT2D eigenvalue weighted by Crippen LogP contribution is 2.40. The van der Waals surface area contributed by atoms with Gasteiger partial charge in [-0.25, -0.2) is 14.6 Å². The lowest BCUT2D eigenvalue weighted by Gasteiger charge is -2.45. The summed E-state index contributed by atoms with van der Waals surface area (Å²) in [5, 5.41) is 18.4. The Labute approximate surface area is 213 Å². The Bertz CT molecular complexity index is 1000. The van der Waals surface area contributed by atoms with Crippen LogP contribution in [0.4, 0.5) is 26.3 Å². The lowest BCUT2D eigenvalue weighted by molar-refractivity contribution is -0.193. The summed E-state index contributed by atoms with van der Waals surface area (Å²) in [7, 11) is 0. The minimum Gasteiger partial charge on any atom is -0.475 e. The molecular weight excluding hydrogens is 528 g/mol. The summed E-state index contributed by atoms with van der Waals surface area (Å²) < 4.78 is 68.8. The summed E-state index contributed by atoms with van der Waals surface area (Å²) in [6.45, 7) is 9.59. The van der Waals surface area contributed by atoms with Gasteiger partial charge in [0.2, 0.25) is 0 Å². The molecule has 2 aromatic rings. The molecular formula is C22H29F6N5O5. The van der Waals surface area contributed by atoms with Crippen molar-refractivity contribution in [2.75, 3.05) is 19.6 Å². The molecule has 16 heteroatoms. The fourth-order valence-electron chi connectivity index (χ4n) is 4.47. The molecule has 4 rings (SSSR count). The van der Waals surface area contributed by atoms with Gasteiger partial charge in [0.1, 0.15) is 5.76 Å². The van der Waals surface area contributed by atoms with E-state index in [1.54, 1.807) is 6.33 Å². The largest absolute Gasteiger partial charge is 0.490 e. The predicted molar refractivity (Wildman–Crippen MR) is 119 cm³/mol. The first-order valence-electron chi connectivity index (χ1n) is 11.5. The Hall–Kier alpha value is -3.14. The lowest BCUT2D eigenvalue weighted by Crippen LogP contribution is -2.51. The van der Waals surface area contributed by atoms with Gasteiger partial charge in [0.05, 0.1) is 12.0 Å². The topological polar surface area (TPSA) is 136 Å². The minimum absolute atomic E-state index is 0.376. The van der Waals surface area contributed by atoms with Gasteiger partial charge in [-0.15, -0.1) is 0 Å². The molecule has 0 atom stereocenters. The van der Waals surface area contributed by atoms with E-state index in [4.69, 9.17) is 24.3 Å². The molecule has 0 unspecified atom stereocenters. The van der Waals surface area contributed by atoms with Crippen molar-refractivity contribution in [3.63, 3.8) is 0 Å². The van der Waals surface area contributed by atoms with Crippen LogP contribution in [0.3, 0.4) is 0 Å². The zero-order valence-electron chi connectivity index (χ0n) is 20.7. The molecule has 10 nitrogen and oxygen atoms in total. The number of aryl methyl sites for hydroxylation is 2. The van der Waals surface area contributed by atoms with Crippen molar-refractivity contribution >= 4 is 11.9 Å². The number of imidazole rings is 1. The number of carboxylic acid groups (broad SMARTS) is 2. The molecule has 0 saturated carbocycles. The number of carboxylic acids is 2. The van der Waals surface area contributed by atoms with Crippen molar-refractivity contribution in [2.24, 2.45) is 0 Å². The number of H-pyrrole nitrogens is 1. The van der Waals surface area contributed by atoms with Gasteiger partial charge in [-0.05, 0) is 46.1 Å². The second-order valence-corrected chi connectivity index (χ2v) is 9.01. The molecule has 214 valence electrons. The molecule has 0 amide bonds. The van der Waals surface area contributed by atoms with Crippen LogP contribution in [0, 0.1) is 13.8 Å². The number of nitrogens with zero attached hydrogens (tertiary/aromatic N) is 4. The van der Waals surface area contributed by atoms with Crippen LogP contribution in [0.1, 0.15) is 48.4 Å². The van der Waals surface area contributed by atoms with E-state index in [2.05, 4.69) is 31.8 Å². The minimum atomic E-state index is -5.08. The van der Waals surface area contributed by atoms with E-state index in [1.807, 2.05) is 13.1 Å². The predicted octanol–water partition coefficient (Wildman–Crippen LogP) is 3.91. The SMILES string of the molecule is Cc1noc(C)c1CN1CCCC12CCN(Cc1cnc[nH]1)CC2.O=C(O)C(F)(F)F.O=C(O)C(F)(F)F. The Morgan fingerprint density at radius 1 is 1.00 bits per heavy atom. The van der Waals surface area contributed by atoms with Gasteiger partial charge in [0, 0.05) is 49.2 Å². The van der Waals surface area contributed by atoms with Crippen LogP contribution in [-0.4, -0.2) is 84.6 Å². The third kappa shape index (κ3) is 8.72. The molecule has 2 fully saturated rings. The number of alkyl halides is 6. The first kappa shape index (κ1) is 31.1. The highest BCUT2D eigenvalue weighted by molar-refractivity contribution is 5.73. The standard InChI is InChI=1S/C18H27N5O.2C2HF3O2/c1-14-17(15(2)24-21-14)12-23-7-3-4-18(23)5-8-22(9-6-18)11-16-10-19-13-20-16;2*3-2(4,5)1(6)7/h10,13H,3-9,11-12H2,1-2H3,(H,19,20);2*(H,6,7). The number of aromatic nitrogens is 3. The number of halogens is 6. The molecule has 2 aliphatic rings. The molecule has 0 bridgehead atoms. The summed E-state index contributed by atoms with van der Waals surface area (Å²) >= 11 is 0. The van der Waals surface area contributed by atoms with E-state index < -0.39 is 24.3 Å². The van der Waals surface area contributed by atoms with Crippen molar-refractivity contribution < 1.29 is 50.7 Å². The molecule has 38 heavy (non-hydrogen) atoms. The van der Waals surface area contributed by atoms with Crippen LogP contribution in [0.5, 0.6) is 0 Å². The van der Waals surface area contributed by atoms with E-state index in [1.165, 1.54) is 43.5 Å². The monoisotopic (exact) mass is 557 g/mol. The number of hydrogen-bond acceptors (Lipinski definition) is 7. The lowest BCUT2D eigenvalue weighted by atomic mass is 9.84. The van der Waals surface area contributed by atoms with Gasteiger partial charge >= 0.3 is 24.3 Å². The van der Waals surface area contributed by atoms with E-state index in [-0.39, 0.29) is 0 Å². The number of piperidine rings is 1. The normalized spacial score (nSPS) is 17.9. The summed E-state index contributed by atoms with van der Waals surface area (Å²) in [4.78, 5) is 30.4. The van der Waals surface area contributed by atoms with Gasteiger partial charge in [0.15, 0.2) is 0 Å². The van der Waals surface area contributed by atoms with Crippen LogP contribution in [0.15, 0.2) is 17.0 Å². The van der Waals surface area contributed by atoms with Crippen molar-refractivity contribution in [1.29, 1.82) is 0 Å². The van der Waals surface area contributed by atoms with Gasteiger partial charge in [-0.3, -0.25) is 9.80 Å². The smallest absolute Gasteiger partial charge is 0.475 e. The van der Waals surface area contributed by atoms with Gasteiger partial charge in [0.25, 0.3) is 0 Å². The van der Waals surface area contributed by atoms with Crippen molar-refractivity contribution in [3.05, 3.63) is 35.2 Å². The molecule has 1 spiro atoms. The Morgan fingerprint density at radius 2 is 1.55 bits per heavy atom. The fraction of sp³-hybridized carbons (Fsp3) is 0.636. The van der Waals surface area contributed by atoms with Crippen molar-refractivity contribution in [1.82, 2.24) is 24.9 Å². The third-order valence-electron chi connectivity index (χ3n) is 6.49. The third-order valence-corrected chi connectivity index (χ3v) is 6.49.